The largest absolute Gasteiger partial charge is 0.476 e. The van der Waals surface area contributed by atoms with E-state index in [4.69, 9.17) is 10.1 Å². The Kier molecular flexibility index (Phi) is 3.05. The van der Waals surface area contributed by atoms with Crippen molar-refractivity contribution in [3.8, 4) is 5.88 Å². The van der Waals surface area contributed by atoms with Gasteiger partial charge in [0, 0.05) is 11.3 Å². The van der Waals surface area contributed by atoms with Gasteiger partial charge in [-0.2, -0.15) is 0 Å². The van der Waals surface area contributed by atoms with Crippen molar-refractivity contribution in [2.45, 2.75) is 46.1 Å². The Bertz CT molecular complexity index is 515. The fourth-order valence-electron chi connectivity index (χ4n) is 2.38. The summed E-state index contributed by atoms with van der Waals surface area (Å²) >= 11 is 0. The van der Waals surface area contributed by atoms with Crippen LogP contribution in [0.4, 0.5) is 0 Å². The fraction of sp³-hybridized carbons (Fsp3) is 0.538. The van der Waals surface area contributed by atoms with Gasteiger partial charge in [0.2, 0.25) is 0 Å². The third kappa shape index (κ3) is 2.12. The topological polar surface area (TPSA) is 65.9 Å². The summed E-state index contributed by atoms with van der Waals surface area (Å²) < 4.78 is 5.65. The molecule has 1 aliphatic carbocycles. The maximum absolute atomic E-state index is 11.9. The van der Waals surface area contributed by atoms with Crippen molar-refractivity contribution in [3.63, 3.8) is 0 Å². The highest BCUT2D eigenvalue weighted by Gasteiger charge is 2.23. The maximum Gasteiger partial charge on any atom is 0.260 e. The lowest BCUT2D eigenvalue weighted by molar-refractivity contribution is 0.229. The molecule has 0 saturated carbocycles. The molecule has 0 unspecified atom stereocenters. The van der Waals surface area contributed by atoms with Gasteiger partial charge in [0.25, 0.3) is 5.56 Å². The van der Waals surface area contributed by atoms with Crippen LogP contribution in [0.3, 0.4) is 0 Å². The summed E-state index contributed by atoms with van der Waals surface area (Å²) in [5.74, 6) is 0.600. The number of H-pyrrole nitrogens is 1. The average Bonchev–Trinajstić information content (AvgIpc) is 2.64. The van der Waals surface area contributed by atoms with Crippen molar-refractivity contribution < 1.29 is 4.74 Å². The summed E-state index contributed by atoms with van der Waals surface area (Å²) in [5.41, 5.74) is 2.76. The maximum atomic E-state index is 11.9. The van der Waals surface area contributed by atoms with Gasteiger partial charge in [0.05, 0.1) is 11.7 Å². The molecule has 0 radical (unpaired) electrons. The van der Waals surface area contributed by atoms with Crippen molar-refractivity contribution in [1.82, 2.24) is 4.98 Å². The normalized spacial score (nSPS) is 13.9. The number of nitrogens with one attached hydrogen (secondary N) is 2. The fourth-order valence-corrected chi connectivity index (χ4v) is 2.38. The van der Waals surface area contributed by atoms with E-state index in [9.17, 15) is 4.79 Å². The molecule has 17 heavy (non-hydrogen) atoms. The lowest BCUT2D eigenvalue weighted by Crippen LogP contribution is -2.22. The number of pyridine rings is 1. The minimum absolute atomic E-state index is 0.0438. The Labute approximate surface area is 101 Å². The van der Waals surface area contributed by atoms with E-state index in [1.165, 1.54) is 0 Å². The molecule has 92 valence electrons. The van der Waals surface area contributed by atoms with Crippen LogP contribution in [0.25, 0.3) is 0 Å². The molecular weight excluding hydrogens is 216 g/mol. The molecule has 0 aliphatic heterocycles. The van der Waals surface area contributed by atoms with Crippen LogP contribution in [-0.2, 0) is 12.8 Å². The number of aromatic nitrogens is 1. The van der Waals surface area contributed by atoms with Gasteiger partial charge in [0.1, 0.15) is 0 Å². The molecule has 4 nitrogen and oxygen atoms in total. The van der Waals surface area contributed by atoms with Crippen LogP contribution in [-0.4, -0.2) is 16.8 Å². The highest BCUT2D eigenvalue weighted by Crippen LogP contribution is 2.30. The molecule has 1 heterocycles. The molecule has 1 aromatic rings. The summed E-state index contributed by atoms with van der Waals surface area (Å²) in [6.45, 7) is 5.54. The number of hydrogen-bond donors (Lipinski definition) is 2. The lowest BCUT2D eigenvalue weighted by Gasteiger charge is -2.15. The molecule has 1 aromatic heterocycles. The second-order valence-corrected chi connectivity index (χ2v) is 4.76. The molecule has 2 N–H and O–H groups in total. The highest BCUT2D eigenvalue weighted by atomic mass is 16.5. The molecule has 2 rings (SSSR count). The van der Waals surface area contributed by atoms with Gasteiger partial charge in [-0.15, -0.1) is 0 Å². The molecule has 0 bridgehead atoms. The molecule has 0 fully saturated rings. The third-order valence-electron chi connectivity index (χ3n) is 2.98. The predicted molar refractivity (Wildman–Crippen MR) is 67.4 cm³/mol. The Morgan fingerprint density at radius 1 is 1.35 bits per heavy atom. The first kappa shape index (κ1) is 11.9. The van der Waals surface area contributed by atoms with Crippen LogP contribution in [0.15, 0.2) is 4.79 Å². The van der Waals surface area contributed by atoms with Crippen LogP contribution < -0.4 is 10.3 Å². The summed E-state index contributed by atoms with van der Waals surface area (Å²) in [5, 5.41) is 7.70. The first-order valence-corrected chi connectivity index (χ1v) is 6.01. The molecule has 0 spiro atoms. The zero-order chi connectivity index (χ0) is 12.6. The number of aromatic amines is 1. The number of ether oxygens (including phenoxy) is 1. The van der Waals surface area contributed by atoms with E-state index in [0.29, 0.717) is 17.2 Å². The van der Waals surface area contributed by atoms with Gasteiger partial charge < -0.3 is 10.1 Å². The van der Waals surface area contributed by atoms with Crippen LogP contribution in [0.2, 0.25) is 0 Å². The molecular formula is C13H18N2O2. The van der Waals surface area contributed by atoms with Crippen molar-refractivity contribution >= 4 is 5.71 Å². The quantitative estimate of drug-likeness (QED) is 0.786. The zero-order valence-corrected chi connectivity index (χ0v) is 10.5. The summed E-state index contributed by atoms with van der Waals surface area (Å²) in [6.07, 6.45) is 2.87. The standard InChI is InChI=1S/C13H18N2O2/c1-7(2)17-13-10-6-4-5-9(10)11(8(3)14)12(16)15-13/h7,14H,4-6H2,1-3H3,(H,15,16). The van der Waals surface area contributed by atoms with Gasteiger partial charge in [-0.05, 0) is 45.6 Å². The van der Waals surface area contributed by atoms with Gasteiger partial charge in [-0.25, -0.2) is 0 Å². The third-order valence-corrected chi connectivity index (χ3v) is 2.98. The molecule has 1 aliphatic rings. The van der Waals surface area contributed by atoms with E-state index in [1.54, 1.807) is 6.92 Å². The Morgan fingerprint density at radius 2 is 2.00 bits per heavy atom. The molecule has 4 heteroatoms. The number of hydrogen-bond acceptors (Lipinski definition) is 3. The zero-order valence-electron chi connectivity index (χ0n) is 10.5. The summed E-state index contributed by atoms with van der Waals surface area (Å²) in [7, 11) is 0. The second-order valence-electron chi connectivity index (χ2n) is 4.76. The van der Waals surface area contributed by atoms with E-state index < -0.39 is 0 Å². The van der Waals surface area contributed by atoms with Crippen LogP contribution in [0.5, 0.6) is 5.88 Å². The monoisotopic (exact) mass is 234 g/mol. The van der Waals surface area contributed by atoms with Gasteiger partial charge >= 0.3 is 0 Å². The van der Waals surface area contributed by atoms with E-state index in [1.807, 2.05) is 13.8 Å². The summed E-state index contributed by atoms with van der Waals surface area (Å²) in [6, 6.07) is 0. The number of rotatable bonds is 3. The Hall–Kier alpha value is -1.58. The van der Waals surface area contributed by atoms with Crippen molar-refractivity contribution in [1.29, 1.82) is 5.41 Å². The average molecular weight is 234 g/mol. The van der Waals surface area contributed by atoms with Gasteiger partial charge in [0.15, 0.2) is 5.88 Å². The minimum atomic E-state index is -0.200. The molecule has 0 amide bonds. The predicted octanol–water partition coefficient (Wildman–Crippen LogP) is 2.04. The highest BCUT2D eigenvalue weighted by molar-refractivity contribution is 5.97. The van der Waals surface area contributed by atoms with E-state index in [2.05, 4.69) is 4.98 Å². The van der Waals surface area contributed by atoms with Gasteiger partial charge in [-0.3, -0.25) is 9.78 Å². The van der Waals surface area contributed by atoms with Crippen LogP contribution in [0.1, 0.15) is 43.9 Å². The van der Waals surface area contributed by atoms with E-state index >= 15 is 0 Å². The SMILES string of the molecule is CC(=N)c1c2c(c(OC(C)C)[nH]c1=O)CCC2. The Morgan fingerprint density at radius 3 is 2.59 bits per heavy atom. The smallest absolute Gasteiger partial charge is 0.260 e. The lowest BCUT2D eigenvalue weighted by atomic mass is 10.0. The van der Waals surface area contributed by atoms with E-state index in [-0.39, 0.29) is 11.7 Å². The molecule has 0 atom stereocenters. The van der Waals surface area contributed by atoms with Crippen molar-refractivity contribution in [2.75, 3.05) is 0 Å². The van der Waals surface area contributed by atoms with Crippen LogP contribution >= 0.6 is 0 Å². The second kappa shape index (κ2) is 4.35. The Balaban J connectivity index is 2.60. The van der Waals surface area contributed by atoms with Crippen molar-refractivity contribution in [3.05, 3.63) is 27.0 Å². The molecule has 0 aromatic carbocycles. The number of fused-ring (bicyclic) bond motifs is 1. The first-order valence-electron chi connectivity index (χ1n) is 6.01. The first-order chi connectivity index (χ1) is 8.00. The summed E-state index contributed by atoms with van der Waals surface area (Å²) in [4.78, 5) is 14.7. The molecule has 0 saturated heterocycles. The van der Waals surface area contributed by atoms with Gasteiger partial charge in [-0.1, -0.05) is 0 Å². The van der Waals surface area contributed by atoms with E-state index in [0.717, 1.165) is 30.4 Å². The minimum Gasteiger partial charge on any atom is -0.476 e. The van der Waals surface area contributed by atoms with Crippen molar-refractivity contribution in [2.24, 2.45) is 0 Å². The van der Waals surface area contributed by atoms with Crippen LogP contribution in [0, 0.1) is 5.41 Å².